The predicted octanol–water partition coefficient (Wildman–Crippen LogP) is 3.76. The molecule has 0 N–H and O–H groups in total. The molecule has 0 aromatic rings. The zero-order valence-corrected chi connectivity index (χ0v) is 23.9. The third kappa shape index (κ3) is 13.9. The second-order valence-corrected chi connectivity index (χ2v) is 25.9. The molecule has 0 aliphatic heterocycles. The van der Waals surface area contributed by atoms with E-state index in [0.29, 0.717) is 0 Å². The minimum Gasteiger partial charge on any atom is -0.371 e. The molecule has 0 aliphatic carbocycles. The van der Waals surface area contributed by atoms with Gasteiger partial charge in [-0.2, -0.15) is 0 Å². The van der Waals surface area contributed by atoms with Crippen molar-refractivity contribution in [1.29, 1.82) is 0 Å². The van der Waals surface area contributed by atoms with Crippen LogP contribution in [-0.2, 0) is 13.3 Å². The third-order valence-electron chi connectivity index (χ3n) is 2.97. The van der Waals surface area contributed by atoms with E-state index >= 15 is 0 Å². The first kappa shape index (κ1) is 24.0. The van der Waals surface area contributed by atoms with E-state index in [1.807, 2.05) is 0 Å². The summed E-state index contributed by atoms with van der Waals surface area (Å²) in [5.74, 6) is -0.770. The summed E-state index contributed by atoms with van der Waals surface area (Å²) in [6.07, 6.45) is 2.36. The van der Waals surface area contributed by atoms with E-state index in [-0.39, 0.29) is 9.52 Å². The van der Waals surface area contributed by atoms with Gasteiger partial charge in [-0.3, -0.25) is 0 Å². The van der Waals surface area contributed by atoms with Gasteiger partial charge in [0.05, 0.1) is 0 Å². The van der Waals surface area contributed by atoms with Crippen molar-refractivity contribution in [3.8, 4) is 0 Å². The van der Waals surface area contributed by atoms with Gasteiger partial charge < -0.3 is 13.3 Å². The summed E-state index contributed by atoms with van der Waals surface area (Å²) in [6.45, 7) is 20.1. The first-order valence-electron chi connectivity index (χ1n) is 9.29. The molecule has 0 aromatic heterocycles. The van der Waals surface area contributed by atoms with E-state index < -0.39 is 30.9 Å². The zero-order valence-electron chi connectivity index (χ0n) is 17.5. The van der Waals surface area contributed by atoms with Crippen LogP contribution in [0.15, 0.2) is 0 Å². The molecule has 0 unspecified atom stereocenters. The van der Waals surface area contributed by atoms with Crippen LogP contribution in [-0.4, -0.2) is 50.7 Å². The molecule has 23 heavy (non-hydrogen) atoms. The Balaban J connectivity index is 5.21. The lowest BCUT2D eigenvalue weighted by Gasteiger charge is -2.45. The van der Waals surface area contributed by atoms with Gasteiger partial charge >= 0.3 is 0 Å². The number of hydrogen-bond acceptors (Lipinski definition) is 3. The van der Waals surface area contributed by atoms with E-state index in [0.717, 1.165) is 6.42 Å². The molecule has 0 amide bonds. The Kier molecular flexibility index (Phi) is 10.0. The van der Waals surface area contributed by atoms with E-state index in [9.17, 15) is 0 Å². The van der Waals surface area contributed by atoms with Crippen molar-refractivity contribution in [2.75, 3.05) is 0 Å². The van der Waals surface area contributed by atoms with Gasteiger partial charge in [0.2, 0.25) is 0 Å². The van der Waals surface area contributed by atoms with Crippen molar-refractivity contribution in [2.45, 2.75) is 95.9 Å². The molecule has 8 heteroatoms. The number of hydrogen-bond donors (Lipinski definition) is 0. The van der Waals surface area contributed by atoms with Gasteiger partial charge in [0, 0.05) is 26.2 Å². The van der Waals surface area contributed by atoms with Crippen LogP contribution in [0.2, 0.25) is 77.1 Å². The van der Waals surface area contributed by atoms with Gasteiger partial charge in [-0.25, -0.2) is 0 Å². The Morgan fingerprint density at radius 3 is 1.43 bits per heavy atom. The fourth-order valence-electron chi connectivity index (χ4n) is 2.56. The highest BCUT2D eigenvalue weighted by molar-refractivity contribution is 6.72. The Morgan fingerprint density at radius 2 is 1.13 bits per heavy atom. The van der Waals surface area contributed by atoms with Gasteiger partial charge in [-0.15, -0.1) is 0 Å². The van der Waals surface area contributed by atoms with Gasteiger partial charge in [-0.1, -0.05) is 24.6 Å². The smallest absolute Gasteiger partial charge is 0.254 e. The second-order valence-electron chi connectivity index (χ2n) is 9.49. The van der Waals surface area contributed by atoms with Crippen molar-refractivity contribution in [3.63, 3.8) is 0 Å². The van der Waals surface area contributed by atoms with E-state index in [2.05, 4.69) is 58.9 Å². The highest BCUT2D eigenvalue weighted by atomic mass is 28.4. The van der Waals surface area contributed by atoms with Crippen molar-refractivity contribution >= 4 is 44.7 Å². The highest BCUT2D eigenvalue weighted by Gasteiger charge is 2.44. The molecular formula is C15H42O3Si5. The Morgan fingerprint density at radius 1 is 0.739 bits per heavy atom. The summed E-state index contributed by atoms with van der Waals surface area (Å²) in [4.78, 5) is 0. The first-order chi connectivity index (χ1) is 10.2. The quantitative estimate of drug-likeness (QED) is 0.278. The van der Waals surface area contributed by atoms with Crippen LogP contribution >= 0.6 is 0 Å². The molecule has 0 rings (SSSR count). The maximum Gasteiger partial charge on any atom is 0.254 e. The molecule has 0 radical (unpaired) electrons. The Hall–Kier alpha value is 0.964. The van der Waals surface area contributed by atoms with Gasteiger partial charge in [0.1, 0.15) is 0 Å². The zero-order chi connectivity index (χ0) is 18.4. The first-order valence-corrected chi connectivity index (χ1v) is 22.9. The molecule has 0 fully saturated rings. The lowest BCUT2D eigenvalue weighted by atomic mass is 10.4. The molecule has 140 valence electrons. The lowest BCUT2D eigenvalue weighted by Crippen LogP contribution is -2.55. The fraction of sp³-hybridized carbons (Fsp3) is 1.00. The standard InChI is InChI=1S/C15H42O3Si5/c1-21(2,3)16-15(17-22(4,5)6,18-23(7,8)9)11-14-20-13-10-12-19/h10-14,20H2,1-9,19H3. The van der Waals surface area contributed by atoms with Gasteiger partial charge in [0.15, 0.2) is 25.0 Å². The van der Waals surface area contributed by atoms with Crippen molar-refractivity contribution < 1.29 is 13.3 Å². The average molecular weight is 411 g/mol. The molecule has 0 saturated carbocycles. The summed E-state index contributed by atoms with van der Waals surface area (Å²) < 4.78 is 19.7. The van der Waals surface area contributed by atoms with Crippen LogP contribution in [0.4, 0.5) is 0 Å². The predicted molar refractivity (Wildman–Crippen MR) is 118 cm³/mol. The summed E-state index contributed by atoms with van der Waals surface area (Å²) in [5, 5.41) is 0. The molecule has 0 heterocycles. The minimum absolute atomic E-state index is 0.0103. The SMILES string of the molecule is C[Si](C)(C)OC(CC[SiH2]CCC[SiH3])(O[Si](C)(C)C)O[Si](C)(C)C. The van der Waals surface area contributed by atoms with Crippen LogP contribution in [0.5, 0.6) is 0 Å². The maximum atomic E-state index is 6.58. The van der Waals surface area contributed by atoms with Crippen molar-refractivity contribution in [1.82, 2.24) is 0 Å². The fourth-order valence-corrected chi connectivity index (χ4v) is 9.56. The summed E-state index contributed by atoms with van der Waals surface area (Å²) in [7, 11) is -3.92. The second kappa shape index (κ2) is 9.60. The summed E-state index contributed by atoms with van der Waals surface area (Å²) in [6, 6.07) is 4.17. The summed E-state index contributed by atoms with van der Waals surface area (Å²) in [5.41, 5.74) is 0. The molecule has 0 aliphatic rings. The third-order valence-corrected chi connectivity index (χ3v) is 8.30. The molecule has 0 spiro atoms. The number of rotatable bonds is 12. The molecule has 0 atom stereocenters. The van der Waals surface area contributed by atoms with Crippen molar-refractivity contribution in [3.05, 3.63) is 0 Å². The van der Waals surface area contributed by atoms with Crippen LogP contribution < -0.4 is 0 Å². The van der Waals surface area contributed by atoms with Crippen LogP contribution in [0.25, 0.3) is 0 Å². The lowest BCUT2D eigenvalue weighted by molar-refractivity contribution is -0.271. The summed E-state index contributed by atoms with van der Waals surface area (Å²) >= 11 is 0. The maximum absolute atomic E-state index is 6.58. The topological polar surface area (TPSA) is 27.7 Å². The Labute approximate surface area is 153 Å². The Bertz CT molecular complexity index is 291. The highest BCUT2D eigenvalue weighted by Crippen LogP contribution is 2.33. The minimum atomic E-state index is -1.75. The molecule has 0 bridgehead atoms. The van der Waals surface area contributed by atoms with E-state index in [1.54, 1.807) is 0 Å². The van der Waals surface area contributed by atoms with Crippen LogP contribution in [0, 0.1) is 0 Å². The van der Waals surface area contributed by atoms with Crippen LogP contribution in [0.1, 0.15) is 12.8 Å². The molecule has 0 saturated heterocycles. The molecule has 3 nitrogen and oxygen atoms in total. The average Bonchev–Trinajstić information content (AvgIpc) is 2.20. The molecule has 0 aromatic carbocycles. The van der Waals surface area contributed by atoms with Crippen molar-refractivity contribution in [2.24, 2.45) is 0 Å². The van der Waals surface area contributed by atoms with Gasteiger partial charge in [-0.05, 0) is 58.9 Å². The normalized spacial score (nSPS) is 15.0. The molecular weight excluding hydrogens is 369 g/mol. The largest absolute Gasteiger partial charge is 0.371 e. The monoisotopic (exact) mass is 410 g/mol. The van der Waals surface area contributed by atoms with E-state index in [1.165, 1.54) is 34.8 Å². The van der Waals surface area contributed by atoms with E-state index in [4.69, 9.17) is 13.3 Å². The van der Waals surface area contributed by atoms with Crippen LogP contribution in [0.3, 0.4) is 0 Å². The van der Waals surface area contributed by atoms with Gasteiger partial charge in [0.25, 0.3) is 5.97 Å².